The summed E-state index contributed by atoms with van der Waals surface area (Å²) >= 11 is 3.41. The van der Waals surface area contributed by atoms with Crippen LogP contribution in [0.3, 0.4) is 0 Å². The Kier molecular flexibility index (Phi) is 3.98. The van der Waals surface area contributed by atoms with Gasteiger partial charge in [0, 0.05) is 16.6 Å². The van der Waals surface area contributed by atoms with Crippen LogP contribution in [0.2, 0.25) is 0 Å². The van der Waals surface area contributed by atoms with Gasteiger partial charge in [-0.05, 0) is 29.3 Å². The molecule has 0 radical (unpaired) electrons. The standard InChI is InChI=1S/C17H14BrNO3/c1-22-17(21)15(11-5-3-2-4-6-11)19-10-12-9-13(18)7-8-14(12)16(19)20/h2-9,15H,10H2,1H3/t15-/m0/s1. The fourth-order valence-electron chi connectivity index (χ4n) is 2.71. The molecule has 0 bridgehead atoms. The average Bonchev–Trinajstić information content (AvgIpc) is 2.84. The molecule has 0 aliphatic carbocycles. The summed E-state index contributed by atoms with van der Waals surface area (Å²) in [4.78, 5) is 26.4. The van der Waals surface area contributed by atoms with Gasteiger partial charge in [-0.1, -0.05) is 46.3 Å². The van der Waals surface area contributed by atoms with Crippen LogP contribution in [0.25, 0.3) is 0 Å². The SMILES string of the molecule is COC(=O)[C@H](c1ccccc1)N1Cc2cc(Br)ccc2C1=O. The molecule has 0 saturated carbocycles. The van der Waals surface area contributed by atoms with E-state index in [1.807, 2.05) is 42.5 Å². The zero-order valence-corrected chi connectivity index (χ0v) is 13.5. The average molecular weight is 360 g/mol. The van der Waals surface area contributed by atoms with E-state index in [0.717, 1.165) is 15.6 Å². The van der Waals surface area contributed by atoms with Crippen LogP contribution in [0.4, 0.5) is 0 Å². The number of halogens is 1. The number of ether oxygens (including phenoxy) is 1. The van der Waals surface area contributed by atoms with Crippen LogP contribution in [0.1, 0.15) is 27.5 Å². The highest BCUT2D eigenvalue weighted by molar-refractivity contribution is 9.10. The molecular formula is C17H14BrNO3. The van der Waals surface area contributed by atoms with Gasteiger partial charge in [0.2, 0.25) is 0 Å². The van der Waals surface area contributed by atoms with Crippen molar-refractivity contribution >= 4 is 27.8 Å². The van der Waals surface area contributed by atoms with Crippen LogP contribution in [0.5, 0.6) is 0 Å². The highest BCUT2D eigenvalue weighted by Crippen LogP contribution is 2.33. The Morgan fingerprint density at radius 2 is 1.95 bits per heavy atom. The summed E-state index contributed by atoms with van der Waals surface area (Å²) in [5.41, 5.74) is 2.28. The third-order valence-corrected chi connectivity index (χ3v) is 4.24. The second kappa shape index (κ2) is 5.93. The quantitative estimate of drug-likeness (QED) is 0.789. The van der Waals surface area contributed by atoms with Crippen molar-refractivity contribution in [3.05, 3.63) is 69.7 Å². The lowest BCUT2D eigenvalue weighted by Crippen LogP contribution is -2.35. The van der Waals surface area contributed by atoms with Crippen molar-refractivity contribution in [2.24, 2.45) is 0 Å². The largest absolute Gasteiger partial charge is 0.467 e. The number of hydrogen-bond acceptors (Lipinski definition) is 3. The van der Waals surface area contributed by atoms with E-state index in [-0.39, 0.29) is 5.91 Å². The summed E-state index contributed by atoms with van der Waals surface area (Å²) in [7, 11) is 1.34. The van der Waals surface area contributed by atoms with E-state index < -0.39 is 12.0 Å². The first-order valence-electron chi connectivity index (χ1n) is 6.84. The predicted molar refractivity (Wildman–Crippen MR) is 85.2 cm³/mol. The molecule has 0 saturated heterocycles. The normalized spacial score (nSPS) is 14.6. The van der Waals surface area contributed by atoms with Crippen molar-refractivity contribution in [1.29, 1.82) is 0 Å². The van der Waals surface area contributed by atoms with E-state index in [2.05, 4.69) is 15.9 Å². The lowest BCUT2D eigenvalue weighted by Gasteiger charge is -2.25. The molecule has 4 nitrogen and oxygen atoms in total. The van der Waals surface area contributed by atoms with Gasteiger partial charge in [-0.3, -0.25) is 4.79 Å². The summed E-state index contributed by atoms with van der Waals surface area (Å²) < 4.78 is 5.82. The third kappa shape index (κ3) is 2.52. The Bertz CT molecular complexity index is 730. The van der Waals surface area contributed by atoms with Crippen LogP contribution < -0.4 is 0 Å². The molecule has 1 aliphatic rings. The van der Waals surface area contributed by atoms with Gasteiger partial charge in [-0.2, -0.15) is 0 Å². The number of carbonyl (C=O) groups is 2. The number of nitrogens with zero attached hydrogens (tertiary/aromatic N) is 1. The maximum Gasteiger partial charge on any atom is 0.333 e. The van der Waals surface area contributed by atoms with Crippen LogP contribution in [0.15, 0.2) is 53.0 Å². The van der Waals surface area contributed by atoms with Crippen molar-refractivity contribution in [2.75, 3.05) is 7.11 Å². The third-order valence-electron chi connectivity index (χ3n) is 3.75. The summed E-state index contributed by atoms with van der Waals surface area (Å²) in [6, 6.07) is 14.0. The molecule has 2 aromatic carbocycles. The highest BCUT2D eigenvalue weighted by atomic mass is 79.9. The summed E-state index contributed by atoms with van der Waals surface area (Å²) in [5.74, 6) is -0.590. The van der Waals surface area contributed by atoms with Crippen LogP contribution in [0, 0.1) is 0 Å². The summed E-state index contributed by atoms with van der Waals surface area (Å²) in [6.07, 6.45) is 0. The molecule has 0 fully saturated rings. The molecule has 5 heteroatoms. The molecule has 1 aliphatic heterocycles. The van der Waals surface area contributed by atoms with Gasteiger partial charge in [0.05, 0.1) is 7.11 Å². The number of benzene rings is 2. The van der Waals surface area contributed by atoms with Gasteiger partial charge < -0.3 is 9.64 Å². The number of carbonyl (C=O) groups excluding carboxylic acids is 2. The minimum atomic E-state index is -0.732. The molecule has 2 aromatic rings. The molecule has 1 amide bonds. The van der Waals surface area contributed by atoms with Gasteiger partial charge in [0.1, 0.15) is 0 Å². The Balaban J connectivity index is 2.01. The summed E-state index contributed by atoms with van der Waals surface area (Å²) in [5, 5.41) is 0. The number of methoxy groups -OCH3 is 1. The maximum absolute atomic E-state index is 12.6. The summed E-state index contributed by atoms with van der Waals surface area (Å²) in [6.45, 7) is 0.391. The van der Waals surface area contributed by atoms with Crippen molar-refractivity contribution in [1.82, 2.24) is 4.90 Å². The van der Waals surface area contributed by atoms with E-state index in [4.69, 9.17) is 4.74 Å². The van der Waals surface area contributed by atoms with Crippen LogP contribution >= 0.6 is 15.9 Å². The Morgan fingerprint density at radius 1 is 1.23 bits per heavy atom. The van der Waals surface area contributed by atoms with Gasteiger partial charge in [0.25, 0.3) is 5.91 Å². The number of hydrogen-bond donors (Lipinski definition) is 0. The number of amides is 1. The molecule has 22 heavy (non-hydrogen) atoms. The van der Waals surface area contributed by atoms with Crippen molar-refractivity contribution < 1.29 is 14.3 Å². The fraction of sp³-hybridized carbons (Fsp3) is 0.176. The monoisotopic (exact) mass is 359 g/mol. The maximum atomic E-state index is 12.6. The topological polar surface area (TPSA) is 46.6 Å². The van der Waals surface area contributed by atoms with Gasteiger partial charge in [0.15, 0.2) is 6.04 Å². The number of esters is 1. The second-order valence-corrected chi connectivity index (χ2v) is 5.99. The molecule has 0 unspecified atom stereocenters. The van der Waals surface area contributed by atoms with Gasteiger partial charge >= 0.3 is 5.97 Å². The van der Waals surface area contributed by atoms with Gasteiger partial charge in [-0.15, -0.1) is 0 Å². The molecule has 1 heterocycles. The van der Waals surface area contributed by atoms with E-state index in [1.165, 1.54) is 7.11 Å². The van der Waals surface area contributed by atoms with Crippen LogP contribution in [-0.2, 0) is 16.1 Å². The van der Waals surface area contributed by atoms with Crippen molar-refractivity contribution in [3.8, 4) is 0 Å². The first kappa shape index (κ1) is 14.8. The molecule has 3 rings (SSSR count). The first-order valence-corrected chi connectivity index (χ1v) is 7.63. The molecular weight excluding hydrogens is 346 g/mol. The molecule has 0 aromatic heterocycles. The Hall–Kier alpha value is -2.14. The van der Waals surface area contributed by atoms with E-state index in [1.54, 1.807) is 11.0 Å². The first-order chi connectivity index (χ1) is 10.6. The number of fused-ring (bicyclic) bond motifs is 1. The van der Waals surface area contributed by atoms with E-state index >= 15 is 0 Å². The Morgan fingerprint density at radius 3 is 2.64 bits per heavy atom. The highest BCUT2D eigenvalue weighted by Gasteiger charge is 2.37. The zero-order valence-electron chi connectivity index (χ0n) is 12.0. The van der Waals surface area contributed by atoms with E-state index in [0.29, 0.717) is 12.1 Å². The van der Waals surface area contributed by atoms with Crippen molar-refractivity contribution in [2.45, 2.75) is 12.6 Å². The molecule has 0 spiro atoms. The molecule has 1 atom stereocenters. The van der Waals surface area contributed by atoms with Crippen LogP contribution in [-0.4, -0.2) is 23.9 Å². The lowest BCUT2D eigenvalue weighted by atomic mass is 10.1. The fourth-order valence-corrected chi connectivity index (χ4v) is 3.12. The minimum absolute atomic E-state index is 0.151. The molecule has 0 N–H and O–H groups in total. The smallest absolute Gasteiger partial charge is 0.333 e. The minimum Gasteiger partial charge on any atom is -0.467 e. The number of rotatable bonds is 3. The molecule has 112 valence electrons. The van der Waals surface area contributed by atoms with Crippen molar-refractivity contribution in [3.63, 3.8) is 0 Å². The predicted octanol–water partition coefficient (Wildman–Crippen LogP) is 3.32. The Labute approximate surface area is 136 Å². The lowest BCUT2D eigenvalue weighted by molar-refractivity contribution is -0.146. The second-order valence-electron chi connectivity index (χ2n) is 5.07. The van der Waals surface area contributed by atoms with Gasteiger partial charge in [-0.25, -0.2) is 4.79 Å². The zero-order chi connectivity index (χ0) is 15.7. The van der Waals surface area contributed by atoms with E-state index in [9.17, 15) is 9.59 Å².